The van der Waals surface area contributed by atoms with Crippen molar-refractivity contribution in [1.29, 1.82) is 0 Å². The van der Waals surface area contributed by atoms with Crippen LogP contribution in [0.5, 0.6) is 0 Å². The number of rotatable bonds is 5. The molecule has 1 aromatic heterocycles. The molecule has 0 spiro atoms. The van der Waals surface area contributed by atoms with Crippen LogP contribution in [-0.4, -0.2) is 59.5 Å². The van der Waals surface area contributed by atoms with E-state index in [1.165, 1.54) is 0 Å². The highest BCUT2D eigenvalue weighted by molar-refractivity contribution is 5.89. The molecule has 8 heteroatoms. The third-order valence-electron chi connectivity index (χ3n) is 6.37. The Kier molecular flexibility index (Phi) is 7.19. The summed E-state index contributed by atoms with van der Waals surface area (Å²) < 4.78 is 0. The first-order chi connectivity index (χ1) is 15.6. The number of anilines is 2. The van der Waals surface area contributed by atoms with Gasteiger partial charge in [-0.1, -0.05) is 17.7 Å². The molecule has 2 aromatic rings. The first kappa shape index (κ1) is 22.0. The van der Waals surface area contributed by atoms with Gasteiger partial charge in [0.05, 0.1) is 0 Å². The number of nitrogens with one attached hydrogen (secondary N) is 2. The van der Waals surface area contributed by atoms with Gasteiger partial charge in [0.25, 0.3) is 0 Å². The zero-order chi connectivity index (χ0) is 22.3. The Hall–Kier alpha value is -3.16. The van der Waals surface area contributed by atoms with Crippen molar-refractivity contribution in [2.75, 3.05) is 42.9 Å². The summed E-state index contributed by atoms with van der Waals surface area (Å²) in [5.41, 5.74) is 1.93. The second-order valence-electron chi connectivity index (χ2n) is 8.80. The number of aromatic nitrogens is 2. The quantitative estimate of drug-likeness (QED) is 0.752. The fourth-order valence-corrected chi connectivity index (χ4v) is 4.52. The van der Waals surface area contributed by atoms with Crippen LogP contribution in [0.2, 0.25) is 0 Å². The lowest BCUT2D eigenvalue weighted by atomic mass is 9.92. The SMILES string of the molecule is Cc1ccc(NC(=O)NCC2CCCN(C(=O)C3CCN(c4ncccn4)CC3)C2)cc1. The molecule has 32 heavy (non-hydrogen) atoms. The summed E-state index contributed by atoms with van der Waals surface area (Å²) in [7, 11) is 0. The Morgan fingerprint density at radius 2 is 1.75 bits per heavy atom. The molecule has 3 amide bonds. The maximum atomic E-state index is 13.1. The predicted octanol–water partition coefficient (Wildman–Crippen LogP) is 3.06. The minimum Gasteiger partial charge on any atom is -0.342 e. The molecule has 2 aliphatic heterocycles. The molecule has 0 saturated carbocycles. The zero-order valence-corrected chi connectivity index (χ0v) is 18.7. The molecule has 2 aliphatic rings. The summed E-state index contributed by atoms with van der Waals surface area (Å²) in [5.74, 6) is 1.35. The lowest BCUT2D eigenvalue weighted by Gasteiger charge is -2.37. The van der Waals surface area contributed by atoms with Gasteiger partial charge in [0.2, 0.25) is 11.9 Å². The first-order valence-electron chi connectivity index (χ1n) is 11.5. The lowest BCUT2D eigenvalue weighted by molar-refractivity contribution is -0.138. The van der Waals surface area contributed by atoms with Crippen molar-refractivity contribution < 1.29 is 9.59 Å². The number of nitrogens with zero attached hydrogens (tertiary/aromatic N) is 4. The minimum atomic E-state index is -0.201. The molecule has 3 heterocycles. The molecular formula is C24H32N6O2. The van der Waals surface area contributed by atoms with E-state index in [-0.39, 0.29) is 23.8 Å². The molecule has 0 bridgehead atoms. The lowest BCUT2D eigenvalue weighted by Crippen LogP contribution is -2.48. The first-order valence-corrected chi connectivity index (χ1v) is 11.5. The zero-order valence-electron chi connectivity index (χ0n) is 18.7. The molecule has 4 rings (SSSR count). The summed E-state index contributed by atoms with van der Waals surface area (Å²) in [6, 6.07) is 9.34. The smallest absolute Gasteiger partial charge is 0.319 e. The Morgan fingerprint density at radius 1 is 1.03 bits per heavy atom. The van der Waals surface area contributed by atoms with Gasteiger partial charge >= 0.3 is 6.03 Å². The third-order valence-corrected chi connectivity index (χ3v) is 6.37. The summed E-state index contributed by atoms with van der Waals surface area (Å²) >= 11 is 0. The van der Waals surface area contributed by atoms with Gasteiger partial charge in [-0.05, 0) is 56.7 Å². The van der Waals surface area contributed by atoms with E-state index >= 15 is 0 Å². The highest BCUT2D eigenvalue weighted by Crippen LogP contribution is 2.25. The summed E-state index contributed by atoms with van der Waals surface area (Å²) in [5, 5.41) is 5.84. The van der Waals surface area contributed by atoms with Crippen molar-refractivity contribution in [3.05, 3.63) is 48.3 Å². The fraction of sp³-hybridized carbons (Fsp3) is 0.500. The fourth-order valence-electron chi connectivity index (χ4n) is 4.52. The van der Waals surface area contributed by atoms with E-state index in [2.05, 4.69) is 25.5 Å². The molecule has 2 N–H and O–H groups in total. The van der Waals surface area contributed by atoms with Crippen molar-refractivity contribution in [3.63, 3.8) is 0 Å². The number of hydrogen-bond acceptors (Lipinski definition) is 5. The number of amides is 3. The summed E-state index contributed by atoms with van der Waals surface area (Å²) in [6.07, 6.45) is 7.17. The van der Waals surface area contributed by atoms with E-state index < -0.39 is 0 Å². The van der Waals surface area contributed by atoms with Crippen LogP contribution in [0.25, 0.3) is 0 Å². The summed E-state index contributed by atoms with van der Waals surface area (Å²) in [6.45, 7) is 5.72. The second kappa shape index (κ2) is 10.4. The maximum Gasteiger partial charge on any atom is 0.319 e. The average molecular weight is 437 g/mol. The van der Waals surface area contributed by atoms with Gasteiger partial charge in [-0.2, -0.15) is 0 Å². The highest BCUT2D eigenvalue weighted by Gasteiger charge is 2.32. The van der Waals surface area contributed by atoms with E-state index in [0.29, 0.717) is 13.1 Å². The van der Waals surface area contributed by atoms with Crippen LogP contribution in [0.4, 0.5) is 16.4 Å². The number of carbonyl (C=O) groups is 2. The number of carbonyl (C=O) groups excluding carboxylic acids is 2. The van der Waals surface area contributed by atoms with Crippen LogP contribution in [0.3, 0.4) is 0 Å². The van der Waals surface area contributed by atoms with Gasteiger partial charge in [-0.15, -0.1) is 0 Å². The van der Waals surface area contributed by atoms with Gasteiger partial charge in [-0.3, -0.25) is 4.79 Å². The van der Waals surface area contributed by atoms with Crippen molar-refractivity contribution in [2.24, 2.45) is 11.8 Å². The van der Waals surface area contributed by atoms with Crippen molar-refractivity contribution >= 4 is 23.6 Å². The number of piperidine rings is 2. The Balaban J connectivity index is 1.21. The van der Waals surface area contributed by atoms with Crippen LogP contribution in [-0.2, 0) is 4.79 Å². The standard InChI is InChI=1S/C24H32N6O2/c1-18-5-7-21(8-6-18)28-24(32)27-16-19-4-2-13-30(17-19)22(31)20-9-14-29(15-10-20)23-25-11-3-12-26-23/h3,5-8,11-12,19-20H,2,4,9-10,13-17H2,1H3,(H2,27,28,32). The molecule has 1 aromatic carbocycles. The van der Waals surface area contributed by atoms with E-state index in [4.69, 9.17) is 0 Å². The number of benzene rings is 1. The van der Waals surface area contributed by atoms with Crippen molar-refractivity contribution in [1.82, 2.24) is 20.2 Å². The molecule has 2 fully saturated rings. The molecular weight excluding hydrogens is 404 g/mol. The highest BCUT2D eigenvalue weighted by atomic mass is 16.2. The summed E-state index contributed by atoms with van der Waals surface area (Å²) in [4.78, 5) is 38.2. The molecule has 1 unspecified atom stereocenters. The second-order valence-corrected chi connectivity index (χ2v) is 8.80. The molecule has 1 atom stereocenters. The number of likely N-dealkylation sites (tertiary alicyclic amines) is 1. The van der Waals surface area contributed by atoms with E-state index in [9.17, 15) is 9.59 Å². The molecule has 8 nitrogen and oxygen atoms in total. The van der Waals surface area contributed by atoms with Crippen LogP contribution in [0, 0.1) is 18.8 Å². The van der Waals surface area contributed by atoms with Gasteiger partial charge in [0.1, 0.15) is 0 Å². The van der Waals surface area contributed by atoms with Crippen LogP contribution in [0.15, 0.2) is 42.7 Å². The minimum absolute atomic E-state index is 0.0616. The van der Waals surface area contributed by atoms with Gasteiger partial charge in [0, 0.05) is 56.7 Å². The van der Waals surface area contributed by atoms with E-state index in [1.807, 2.05) is 42.2 Å². The van der Waals surface area contributed by atoms with E-state index in [0.717, 1.165) is 62.5 Å². The molecule has 0 radical (unpaired) electrons. The number of urea groups is 1. The Morgan fingerprint density at radius 3 is 2.47 bits per heavy atom. The predicted molar refractivity (Wildman–Crippen MR) is 124 cm³/mol. The van der Waals surface area contributed by atoms with Crippen LogP contribution in [0.1, 0.15) is 31.2 Å². The van der Waals surface area contributed by atoms with E-state index in [1.54, 1.807) is 12.4 Å². The normalized spacial score (nSPS) is 19.5. The average Bonchev–Trinajstić information content (AvgIpc) is 2.84. The Labute approximate surface area is 189 Å². The maximum absolute atomic E-state index is 13.1. The third kappa shape index (κ3) is 5.75. The molecule has 170 valence electrons. The Bertz CT molecular complexity index is 896. The number of hydrogen-bond donors (Lipinski definition) is 2. The van der Waals surface area contributed by atoms with Gasteiger partial charge < -0.3 is 20.4 Å². The number of aryl methyl sites for hydroxylation is 1. The van der Waals surface area contributed by atoms with Gasteiger partial charge in [0.15, 0.2) is 0 Å². The molecule has 0 aliphatic carbocycles. The van der Waals surface area contributed by atoms with Crippen LogP contribution < -0.4 is 15.5 Å². The van der Waals surface area contributed by atoms with Crippen LogP contribution >= 0.6 is 0 Å². The topological polar surface area (TPSA) is 90.5 Å². The van der Waals surface area contributed by atoms with Gasteiger partial charge in [-0.25, -0.2) is 14.8 Å². The monoisotopic (exact) mass is 436 g/mol. The largest absolute Gasteiger partial charge is 0.342 e. The van der Waals surface area contributed by atoms with Crippen molar-refractivity contribution in [3.8, 4) is 0 Å². The van der Waals surface area contributed by atoms with Crippen molar-refractivity contribution in [2.45, 2.75) is 32.6 Å². The molecule has 2 saturated heterocycles.